The van der Waals surface area contributed by atoms with Gasteiger partial charge in [-0.3, -0.25) is 9.59 Å². The molecule has 0 aromatic heterocycles. The second kappa shape index (κ2) is 5.29. The van der Waals surface area contributed by atoms with E-state index in [4.69, 9.17) is 9.84 Å². The van der Waals surface area contributed by atoms with Crippen molar-refractivity contribution in [1.82, 2.24) is 5.32 Å². The molecule has 1 unspecified atom stereocenters. The number of hydrogen-bond acceptors (Lipinski definition) is 7. The van der Waals surface area contributed by atoms with Crippen LogP contribution in [0.3, 0.4) is 0 Å². The van der Waals surface area contributed by atoms with Crippen LogP contribution in [0.4, 0.5) is 0 Å². The highest BCUT2D eigenvalue weighted by atomic mass is 16.7. The maximum atomic E-state index is 11.4. The van der Waals surface area contributed by atoms with E-state index in [0.29, 0.717) is 0 Å². The maximum Gasteiger partial charge on any atom is 0.250 e. The van der Waals surface area contributed by atoms with E-state index < -0.39 is 48.4 Å². The second-order valence-electron chi connectivity index (χ2n) is 4.25. The summed E-state index contributed by atoms with van der Waals surface area (Å²) in [6.45, 7) is 1.44. The van der Waals surface area contributed by atoms with E-state index in [1.165, 1.54) is 0 Å². The minimum Gasteiger partial charge on any atom is -0.394 e. The molecule has 5 atom stereocenters. The van der Waals surface area contributed by atoms with Gasteiger partial charge in [-0.15, -0.1) is 0 Å². The van der Waals surface area contributed by atoms with Gasteiger partial charge in [0.1, 0.15) is 24.4 Å². The third kappa shape index (κ3) is 2.52. The lowest BCUT2D eigenvalue weighted by Gasteiger charge is -2.46. The number of nitrogens with one attached hydrogen (secondary N) is 1. The predicted octanol–water partition coefficient (Wildman–Crippen LogP) is -3.12. The Morgan fingerprint density at radius 1 is 1.28 bits per heavy atom. The third-order valence-electron chi connectivity index (χ3n) is 2.87. The van der Waals surface area contributed by atoms with Gasteiger partial charge in [0, 0.05) is 13.8 Å². The van der Waals surface area contributed by atoms with Crippen molar-refractivity contribution in [2.45, 2.75) is 44.0 Å². The van der Waals surface area contributed by atoms with E-state index in [1.54, 1.807) is 0 Å². The normalized spacial score (nSPS) is 40.3. The van der Waals surface area contributed by atoms with Crippen LogP contribution in [0, 0.1) is 0 Å². The van der Waals surface area contributed by atoms with Crippen molar-refractivity contribution in [3.63, 3.8) is 0 Å². The molecule has 1 fully saturated rings. The number of aliphatic hydroxyl groups is 4. The fraction of sp³-hybridized carbons (Fsp3) is 0.800. The summed E-state index contributed by atoms with van der Waals surface area (Å²) < 4.78 is 4.91. The van der Waals surface area contributed by atoms with Gasteiger partial charge in [-0.05, 0) is 0 Å². The van der Waals surface area contributed by atoms with Gasteiger partial charge in [0.25, 0.3) is 0 Å². The summed E-state index contributed by atoms with van der Waals surface area (Å²) in [5.41, 5.74) is 0. The first-order valence-electron chi connectivity index (χ1n) is 5.39. The van der Waals surface area contributed by atoms with Crippen LogP contribution >= 0.6 is 0 Å². The Morgan fingerprint density at radius 3 is 2.22 bits per heavy atom. The molecule has 104 valence electrons. The van der Waals surface area contributed by atoms with Crippen LogP contribution < -0.4 is 5.32 Å². The number of Topliss-reactive ketones (excluding diaryl/α,β-unsaturated/α-hetero) is 1. The molecule has 0 saturated carbocycles. The van der Waals surface area contributed by atoms with E-state index in [1.807, 2.05) is 0 Å². The first kappa shape index (κ1) is 15.0. The molecule has 1 heterocycles. The molecular formula is C10H17NO7. The van der Waals surface area contributed by atoms with Crippen molar-refractivity contribution in [2.75, 3.05) is 6.61 Å². The number of hydrogen-bond donors (Lipinski definition) is 5. The minimum atomic E-state index is -2.49. The quantitative estimate of drug-likeness (QED) is 0.363. The molecule has 1 aliphatic rings. The standard InChI is InChI=1S/C10H17NO7/c1-4(13)10(17)9(11-5(2)14)8(16)7(15)6(3-12)18-10/h6-9,12,15-17H,3H2,1-2H3,(H,11,14)/t6-,7-,8+,9+,10?/m1/s1. The topological polar surface area (TPSA) is 136 Å². The summed E-state index contributed by atoms with van der Waals surface area (Å²) in [4.78, 5) is 22.4. The molecule has 0 radical (unpaired) electrons. The number of ether oxygens (including phenoxy) is 1. The Hall–Kier alpha value is -1.06. The van der Waals surface area contributed by atoms with E-state index in [0.717, 1.165) is 13.8 Å². The molecule has 5 N–H and O–H groups in total. The Morgan fingerprint density at radius 2 is 1.83 bits per heavy atom. The van der Waals surface area contributed by atoms with Crippen LogP contribution in [0.1, 0.15) is 13.8 Å². The van der Waals surface area contributed by atoms with Crippen molar-refractivity contribution >= 4 is 11.7 Å². The van der Waals surface area contributed by atoms with Crippen molar-refractivity contribution < 1.29 is 34.8 Å². The first-order chi connectivity index (χ1) is 8.24. The Balaban J connectivity index is 3.09. The third-order valence-corrected chi connectivity index (χ3v) is 2.87. The van der Waals surface area contributed by atoms with Gasteiger partial charge < -0.3 is 30.5 Å². The molecule has 0 spiro atoms. The number of carbonyl (C=O) groups is 2. The summed E-state index contributed by atoms with van der Waals surface area (Å²) in [5, 5.41) is 40.6. The molecule has 18 heavy (non-hydrogen) atoms. The van der Waals surface area contributed by atoms with E-state index >= 15 is 0 Å². The monoisotopic (exact) mass is 263 g/mol. The molecule has 0 aromatic carbocycles. The highest BCUT2D eigenvalue weighted by Crippen LogP contribution is 2.28. The molecule has 8 heteroatoms. The van der Waals surface area contributed by atoms with E-state index in [-0.39, 0.29) is 0 Å². The summed E-state index contributed by atoms with van der Waals surface area (Å²) >= 11 is 0. The molecule has 1 saturated heterocycles. The van der Waals surface area contributed by atoms with Crippen LogP contribution in [0.15, 0.2) is 0 Å². The van der Waals surface area contributed by atoms with Gasteiger partial charge in [0.15, 0.2) is 5.78 Å². The highest BCUT2D eigenvalue weighted by Gasteiger charge is 2.56. The summed E-state index contributed by atoms with van der Waals surface area (Å²) in [7, 11) is 0. The van der Waals surface area contributed by atoms with Gasteiger partial charge >= 0.3 is 0 Å². The number of amides is 1. The highest BCUT2D eigenvalue weighted by molar-refractivity contribution is 5.85. The summed E-state index contributed by atoms with van der Waals surface area (Å²) in [6.07, 6.45) is -4.50. The fourth-order valence-electron chi connectivity index (χ4n) is 1.87. The Labute approximate surface area is 103 Å². The number of rotatable bonds is 3. The average molecular weight is 263 g/mol. The van der Waals surface area contributed by atoms with Crippen LogP contribution in [0.5, 0.6) is 0 Å². The Kier molecular flexibility index (Phi) is 4.41. The SMILES string of the molecule is CC(=O)N[C@H]1[C@@H](O)[C@H](O)[C@@H](CO)OC1(O)C(C)=O. The lowest BCUT2D eigenvalue weighted by molar-refractivity contribution is -0.300. The maximum absolute atomic E-state index is 11.4. The first-order valence-corrected chi connectivity index (χ1v) is 5.39. The largest absolute Gasteiger partial charge is 0.394 e. The summed E-state index contributed by atoms with van der Waals surface area (Å²) in [5.74, 6) is -3.96. The van der Waals surface area contributed by atoms with Crippen LogP contribution in [0.25, 0.3) is 0 Å². The molecule has 1 amide bonds. The molecule has 8 nitrogen and oxygen atoms in total. The Bertz CT molecular complexity index is 347. The molecule has 0 bridgehead atoms. The van der Waals surface area contributed by atoms with Crippen LogP contribution in [-0.2, 0) is 14.3 Å². The van der Waals surface area contributed by atoms with Crippen molar-refractivity contribution in [1.29, 1.82) is 0 Å². The fourth-order valence-corrected chi connectivity index (χ4v) is 1.87. The van der Waals surface area contributed by atoms with Gasteiger partial charge in [0.2, 0.25) is 11.7 Å². The van der Waals surface area contributed by atoms with Gasteiger partial charge in [0.05, 0.1) is 6.61 Å². The molecule has 1 aliphatic heterocycles. The summed E-state index contributed by atoms with van der Waals surface area (Å²) in [6, 6.07) is -1.51. The zero-order valence-corrected chi connectivity index (χ0v) is 10.0. The van der Waals surface area contributed by atoms with E-state index in [2.05, 4.69) is 5.32 Å². The number of ketones is 1. The lowest BCUT2D eigenvalue weighted by Crippen LogP contribution is -2.72. The lowest BCUT2D eigenvalue weighted by atomic mass is 9.88. The zero-order valence-electron chi connectivity index (χ0n) is 10.0. The average Bonchev–Trinajstić information content (AvgIpc) is 2.29. The molecular weight excluding hydrogens is 246 g/mol. The van der Waals surface area contributed by atoms with Crippen molar-refractivity contribution in [2.24, 2.45) is 0 Å². The molecule has 1 rings (SSSR count). The number of carbonyl (C=O) groups excluding carboxylic acids is 2. The minimum absolute atomic E-state index is 0.614. The van der Waals surface area contributed by atoms with E-state index in [9.17, 15) is 24.9 Å². The van der Waals surface area contributed by atoms with Crippen LogP contribution in [-0.4, -0.2) is 68.9 Å². The van der Waals surface area contributed by atoms with Crippen LogP contribution in [0.2, 0.25) is 0 Å². The second-order valence-corrected chi connectivity index (χ2v) is 4.25. The molecule has 0 aliphatic carbocycles. The number of aliphatic hydroxyl groups excluding tert-OH is 3. The van der Waals surface area contributed by atoms with Crippen molar-refractivity contribution in [3.05, 3.63) is 0 Å². The van der Waals surface area contributed by atoms with Gasteiger partial charge in [-0.1, -0.05) is 0 Å². The smallest absolute Gasteiger partial charge is 0.250 e. The van der Waals surface area contributed by atoms with Crippen molar-refractivity contribution in [3.8, 4) is 0 Å². The van der Waals surface area contributed by atoms with Gasteiger partial charge in [-0.25, -0.2) is 0 Å². The molecule has 0 aromatic rings. The predicted molar refractivity (Wildman–Crippen MR) is 57.2 cm³/mol. The zero-order chi connectivity index (χ0) is 14.1. The van der Waals surface area contributed by atoms with Gasteiger partial charge in [-0.2, -0.15) is 0 Å².